The quantitative estimate of drug-likeness (QED) is 0.790. The Labute approximate surface area is 122 Å². The SMILES string of the molecule is CCCN(CC1CC1)c1cc(C(N)=O)c(N)cc1Br. The third-order valence-electron chi connectivity index (χ3n) is 3.39. The first kappa shape index (κ1) is 14.2. The number of hydrogen-bond acceptors (Lipinski definition) is 3. The number of hydrogen-bond donors (Lipinski definition) is 2. The standard InChI is InChI=1S/C14H20BrN3O/c1-2-5-18(8-9-3-4-9)13-6-10(14(17)19)12(16)7-11(13)15/h6-7,9H,2-5,8,16H2,1H3,(H2,17,19). The molecular weight excluding hydrogens is 306 g/mol. The number of carbonyl (C=O) groups is 1. The lowest BCUT2D eigenvalue weighted by Gasteiger charge is -2.26. The zero-order chi connectivity index (χ0) is 14.0. The molecule has 0 saturated heterocycles. The van der Waals surface area contributed by atoms with Gasteiger partial charge in [0.05, 0.1) is 11.3 Å². The molecule has 1 saturated carbocycles. The van der Waals surface area contributed by atoms with Crippen LogP contribution in [-0.4, -0.2) is 19.0 Å². The highest BCUT2D eigenvalue weighted by atomic mass is 79.9. The Hall–Kier alpha value is -1.23. The number of rotatable bonds is 6. The number of halogens is 1. The fourth-order valence-corrected chi connectivity index (χ4v) is 2.84. The highest BCUT2D eigenvalue weighted by Crippen LogP contribution is 2.36. The van der Waals surface area contributed by atoms with E-state index in [1.165, 1.54) is 12.8 Å². The van der Waals surface area contributed by atoms with Crippen LogP contribution in [-0.2, 0) is 0 Å². The van der Waals surface area contributed by atoms with Crippen LogP contribution < -0.4 is 16.4 Å². The Kier molecular flexibility index (Phi) is 4.34. The number of benzene rings is 1. The van der Waals surface area contributed by atoms with E-state index < -0.39 is 5.91 Å². The van der Waals surface area contributed by atoms with Crippen molar-refractivity contribution in [3.63, 3.8) is 0 Å². The molecule has 1 fully saturated rings. The molecule has 19 heavy (non-hydrogen) atoms. The van der Waals surface area contributed by atoms with Gasteiger partial charge in [0.25, 0.3) is 5.91 Å². The summed E-state index contributed by atoms with van der Waals surface area (Å²) in [5, 5.41) is 0. The van der Waals surface area contributed by atoms with Gasteiger partial charge in [-0.15, -0.1) is 0 Å². The van der Waals surface area contributed by atoms with E-state index in [9.17, 15) is 4.79 Å². The molecule has 4 nitrogen and oxygen atoms in total. The van der Waals surface area contributed by atoms with E-state index in [-0.39, 0.29) is 0 Å². The molecule has 0 bridgehead atoms. The van der Waals surface area contributed by atoms with E-state index in [1.54, 1.807) is 12.1 Å². The van der Waals surface area contributed by atoms with Crippen LogP contribution in [0, 0.1) is 5.92 Å². The minimum absolute atomic E-state index is 0.398. The largest absolute Gasteiger partial charge is 0.398 e. The van der Waals surface area contributed by atoms with Crippen molar-refractivity contribution in [3.8, 4) is 0 Å². The number of amides is 1. The van der Waals surface area contributed by atoms with Gasteiger partial charge in [0.1, 0.15) is 0 Å². The summed E-state index contributed by atoms with van der Waals surface area (Å²) in [5.41, 5.74) is 13.0. The smallest absolute Gasteiger partial charge is 0.250 e. The van der Waals surface area contributed by atoms with Crippen molar-refractivity contribution in [2.75, 3.05) is 23.7 Å². The van der Waals surface area contributed by atoms with E-state index in [2.05, 4.69) is 27.8 Å². The molecule has 1 aromatic carbocycles. The third-order valence-corrected chi connectivity index (χ3v) is 4.03. The van der Waals surface area contributed by atoms with E-state index in [0.717, 1.165) is 35.6 Å². The van der Waals surface area contributed by atoms with Gasteiger partial charge < -0.3 is 16.4 Å². The molecule has 1 aliphatic rings. The van der Waals surface area contributed by atoms with Crippen molar-refractivity contribution in [2.45, 2.75) is 26.2 Å². The summed E-state index contributed by atoms with van der Waals surface area (Å²) in [4.78, 5) is 13.7. The van der Waals surface area contributed by atoms with Crippen LogP contribution in [0.3, 0.4) is 0 Å². The maximum Gasteiger partial charge on any atom is 0.250 e. The average Bonchev–Trinajstić information content (AvgIpc) is 3.12. The molecule has 1 aromatic rings. The molecule has 104 valence electrons. The molecule has 5 heteroatoms. The van der Waals surface area contributed by atoms with Crippen LogP contribution in [0.4, 0.5) is 11.4 Å². The Bertz CT molecular complexity index is 486. The zero-order valence-electron chi connectivity index (χ0n) is 11.2. The van der Waals surface area contributed by atoms with Gasteiger partial charge in [-0.2, -0.15) is 0 Å². The molecule has 1 aliphatic carbocycles. The second-order valence-electron chi connectivity index (χ2n) is 5.14. The van der Waals surface area contributed by atoms with Crippen LogP contribution in [0.5, 0.6) is 0 Å². The number of nitrogens with zero attached hydrogens (tertiary/aromatic N) is 1. The summed E-state index contributed by atoms with van der Waals surface area (Å²) in [7, 11) is 0. The number of nitrogen functional groups attached to an aromatic ring is 1. The topological polar surface area (TPSA) is 72.3 Å². The summed E-state index contributed by atoms with van der Waals surface area (Å²) in [6.07, 6.45) is 3.67. The van der Waals surface area contributed by atoms with Gasteiger partial charge in [0, 0.05) is 23.2 Å². The molecule has 0 aromatic heterocycles. The molecule has 0 aliphatic heterocycles. The maximum absolute atomic E-state index is 11.4. The summed E-state index contributed by atoms with van der Waals surface area (Å²) in [6, 6.07) is 3.57. The van der Waals surface area contributed by atoms with Gasteiger partial charge in [0.2, 0.25) is 0 Å². The molecule has 1 amide bonds. The summed E-state index contributed by atoms with van der Waals surface area (Å²) >= 11 is 3.54. The van der Waals surface area contributed by atoms with Gasteiger partial charge in [-0.25, -0.2) is 0 Å². The van der Waals surface area contributed by atoms with Crippen LogP contribution in [0.25, 0.3) is 0 Å². The molecule has 0 atom stereocenters. The van der Waals surface area contributed by atoms with E-state index in [4.69, 9.17) is 11.5 Å². The van der Waals surface area contributed by atoms with Crippen molar-refractivity contribution < 1.29 is 4.79 Å². The Morgan fingerprint density at radius 3 is 2.68 bits per heavy atom. The molecule has 0 spiro atoms. The zero-order valence-corrected chi connectivity index (χ0v) is 12.7. The molecule has 2 rings (SSSR count). The van der Waals surface area contributed by atoms with Crippen molar-refractivity contribution in [2.24, 2.45) is 11.7 Å². The predicted molar refractivity (Wildman–Crippen MR) is 82.3 cm³/mol. The molecule has 0 heterocycles. The Morgan fingerprint density at radius 2 is 2.16 bits per heavy atom. The van der Waals surface area contributed by atoms with Crippen LogP contribution in [0.15, 0.2) is 16.6 Å². The van der Waals surface area contributed by atoms with Gasteiger partial charge in [0.15, 0.2) is 0 Å². The summed E-state index contributed by atoms with van der Waals surface area (Å²) < 4.78 is 0.920. The van der Waals surface area contributed by atoms with E-state index >= 15 is 0 Å². The molecule has 0 radical (unpaired) electrons. The van der Waals surface area contributed by atoms with Crippen LogP contribution >= 0.6 is 15.9 Å². The third kappa shape index (κ3) is 3.41. The highest BCUT2D eigenvalue weighted by molar-refractivity contribution is 9.10. The molecule has 4 N–H and O–H groups in total. The van der Waals surface area contributed by atoms with Crippen molar-refractivity contribution in [1.29, 1.82) is 0 Å². The fourth-order valence-electron chi connectivity index (χ4n) is 2.23. The number of carbonyl (C=O) groups excluding carboxylic acids is 1. The molecule has 0 unspecified atom stereocenters. The van der Waals surface area contributed by atoms with Crippen LogP contribution in [0.2, 0.25) is 0 Å². The highest BCUT2D eigenvalue weighted by Gasteiger charge is 2.25. The monoisotopic (exact) mass is 325 g/mol. The van der Waals surface area contributed by atoms with Crippen molar-refractivity contribution in [3.05, 3.63) is 22.2 Å². The normalized spacial score (nSPS) is 14.4. The fraction of sp³-hybridized carbons (Fsp3) is 0.500. The molecular formula is C14H20BrN3O. The Balaban J connectivity index is 2.33. The average molecular weight is 326 g/mol. The number of primary amides is 1. The Morgan fingerprint density at radius 1 is 1.47 bits per heavy atom. The second-order valence-corrected chi connectivity index (χ2v) is 6.00. The first-order valence-corrected chi connectivity index (χ1v) is 7.46. The predicted octanol–water partition coefficient (Wildman–Crippen LogP) is 2.76. The maximum atomic E-state index is 11.4. The van der Waals surface area contributed by atoms with Crippen molar-refractivity contribution >= 4 is 33.2 Å². The first-order chi connectivity index (χ1) is 9.02. The van der Waals surface area contributed by atoms with E-state index in [1.807, 2.05) is 0 Å². The lowest BCUT2D eigenvalue weighted by Crippen LogP contribution is -2.27. The van der Waals surface area contributed by atoms with Gasteiger partial charge in [-0.3, -0.25) is 4.79 Å². The lowest BCUT2D eigenvalue weighted by atomic mass is 10.1. The van der Waals surface area contributed by atoms with Gasteiger partial charge >= 0.3 is 0 Å². The van der Waals surface area contributed by atoms with Crippen molar-refractivity contribution in [1.82, 2.24) is 0 Å². The first-order valence-electron chi connectivity index (χ1n) is 6.66. The van der Waals surface area contributed by atoms with Gasteiger partial charge in [-0.05, 0) is 53.2 Å². The second kappa shape index (κ2) is 5.82. The van der Waals surface area contributed by atoms with Gasteiger partial charge in [-0.1, -0.05) is 6.92 Å². The summed E-state index contributed by atoms with van der Waals surface area (Å²) in [5.74, 6) is 0.308. The van der Waals surface area contributed by atoms with E-state index in [0.29, 0.717) is 11.3 Å². The summed E-state index contributed by atoms with van der Waals surface area (Å²) in [6.45, 7) is 4.16. The number of nitrogens with two attached hydrogens (primary N) is 2. The van der Waals surface area contributed by atoms with Crippen LogP contribution in [0.1, 0.15) is 36.5 Å². The lowest BCUT2D eigenvalue weighted by molar-refractivity contribution is 0.100. The minimum Gasteiger partial charge on any atom is -0.398 e. The minimum atomic E-state index is -0.478. The number of anilines is 2.